The van der Waals surface area contributed by atoms with Crippen LogP contribution in [0.2, 0.25) is 0 Å². The predicted molar refractivity (Wildman–Crippen MR) is 131 cm³/mol. The van der Waals surface area contributed by atoms with Crippen LogP contribution in [-0.4, -0.2) is 25.4 Å². The Labute approximate surface area is 193 Å². The van der Waals surface area contributed by atoms with Gasteiger partial charge in [-0.25, -0.2) is 4.79 Å². The van der Waals surface area contributed by atoms with E-state index in [1.165, 1.54) is 24.6 Å². The normalized spacial score (nSPS) is 11.2. The lowest BCUT2D eigenvalue weighted by atomic mass is 10.1. The van der Waals surface area contributed by atoms with Gasteiger partial charge in [0.15, 0.2) is 5.58 Å². The second-order valence-electron chi connectivity index (χ2n) is 7.90. The number of thioether (sulfide) groups is 1. The Hall–Kier alpha value is -2.47. The molecule has 3 rings (SSSR count). The van der Waals surface area contributed by atoms with E-state index in [0.717, 1.165) is 37.0 Å². The highest BCUT2D eigenvalue weighted by Gasteiger charge is 2.16. The van der Waals surface area contributed by atoms with Crippen LogP contribution >= 0.6 is 11.8 Å². The van der Waals surface area contributed by atoms with E-state index < -0.39 is 5.97 Å². The van der Waals surface area contributed by atoms with Crippen molar-refractivity contribution in [2.24, 2.45) is 0 Å². The van der Waals surface area contributed by atoms with Gasteiger partial charge in [-0.2, -0.15) is 0 Å². The lowest BCUT2D eigenvalue weighted by Gasteiger charge is -2.11. The zero-order valence-electron chi connectivity index (χ0n) is 19.2. The molecule has 5 nitrogen and oxygen atoms in total. The minimum atomic E-state index is -0.420. The molecule has 1 heterocycles. The third-order valence-electron chi connectivity index (χ3n) is 5.41. The fourth-order valence-corrected chi connectivity index (χ4v) is 4.15. The molecule has 0 saturated carbocycles. The number of benzene rings is 2. The number of hydrogen-bond acceptors (Lipinski definition) is 6. The van der Waals surface area contributed by atoms with E-state index in [-0.39, 0.29) is 5.43 Å². The first-order valence-corrected chi connectivity index (χ1v) is 12.7. The molecule has 2 aromatic carbocycles. The Morgan fingerprint density at radius 1 is 0.938 bits per heavy atom. The van der Waals surface area contributed by atoms with Gasteiger partial charge in [0.2, 0.25) is 5.43 Å². The second-order valence-corrected chi connectivity index (χ2v) is 8.74. The smallest absolute Gasteiger partial charge is 0.338 e. The van der Waals surface area contributed by atoms with Gasteiger partial charge in [0.1, 0.15) is 11.3 Å². The Kier molecular flexibility index (Phi) is 9.03. The third kappa shape index (κ3) is 5.85. The Bertz CT molecular complexity index is 1120. The quantitative estimate of drug-likeness (QED) is 0.127. The predicted octanol–water partition coefficient (Wildman–Crippen LogP) is 6.97. The molecule has 0 radical (unpaired) electrons. The van der Waals surface area contributed by atoms with E-state index in [9.17, 15) is 9.59 Å². The first-order chi connectivity index (χ1) is 15.6. The zero-order valence-corrected chi connectivity index (χ0v) is 20.0. The molecule has 0 bridgehead atoms. The van der Waals surface area contributed by atoms with Crippen LogP contribution in [0.1, 0.15) is 69.2 Å². The van der Waals surface area contributed by atoms with Crippen molar-refractivity contribution in [2.45, 2.75) is 63.7 Å². The number of hydrogen-bond donors (Lipinski definition) is 0. The number of esters is 1. The molecule has 0 aliphatic rings. The monoisotopic (exact) mass is 456 g/mol. The van der Waals surface area contributed by atoms with Gasteiger partial charge in [-0.15, -0.1) is 11.8 Å². The molecule has 0 amide bonds. The lowest BCUT2D eigenvalue weighted by molar-refractivity contribution is 0.0498. The molecule has 3 aromatic rings. The number of ether oxygens (including phenoxy) is 2. The van der Waals surface area contributed by atoms with Crippen LogP contribution in [0.3, 0.4) is 0 Å². The summed E-state index contributed by atoms with van der Waals surface area (Å²) in [6, 6.07) is 8.55. The summed E-state index contributed by atoms with van der Waals surface area (Å²) in [6.07, 6.45) is 9.33. The Balaban J connectivity index is 1.91. The minimum absolute atomic E-state index is 0.173. The molecule has 0 saturated heterocycles. The summed E-state index contributed by atoms with van der Waals surface area (Å²) in [5.74, 6) is 0.243. The van der Waals surface area contributed by atoms with Gasteiger partial charge >= 0.3 is 5.97 Å². The van der Waals surface area contributed by atoms with Crippen LogP contribution < -0.4 is 10.2 Å². The molecule has 6 heteroatoms. The number of carbonyl (C=O) groups excluding carboxylic acids is 1. The first-order valence-electron chi connectivity index (χ1n) is 11.5. The average molecular weight is 457 g/mol. The van der Waals surface area contributed by atoms with Crippen molar-refractivity contribution in [3.63, 3.8) is 0 Å². The molecular weight excluding hydrogens is 424 g/mol. The summed E-state index contributed by atoms with van der Waals surface area (Å²) in [6.45, 7) is 5.27. The molecule has 1 aromatic heterocycles. The molecule has 0 aliphatic carbocycles. The molecule has 0 aliphatic heterocycles. The highest BCUT2D eigenvalue weighted by atomic mass is 32.2. The zero-order chi connectivity index (χ0) is 22.9. The molecule has 0 fully saturated rings. The van der Waals surface area contributed by atoms with E-state index in [2.05, 4.69) is 13.8 Å². The number of fused-ring (bicyclic) bond motifs is 2. The maximum absolute atomic E-state index is 13.3. The van der Waals surface area contributed by atoms with Crippen LogP contribution in [0, 0.1) is 0 Å². The Morgan fingerprint density at radius 3 is 2.44 bits per heavy atom. The van der Waals surface area contributed by atoms with Gasteiger partial charge in [0.05, 0.1) is 34.4 Å². The number of unbranched alkanes of at least 4 members (excludes halogenated alkanes) is 5. The van der Waals surface area contributed by atoms with E-state index in [1.54, 1.807) is 24.3 Å². The molecule has 0 spiro atoms. The lowest BCUT2D eigenvalue weighted by Crippen LogP contribution is -2.09. The van der Waals surface area contributed by atoms with E-state index in [1.807, 2.05) is 12.3 Å². The maximum Gasteiger partial charge on any atom is 0.338 e. The molecule has 0 unspecified atom stereocenters. The van der Waals surface area contributed by atoms with Crippen molar-refractivity contribution in [2.75, 3.05) is 19.5 Å². The third-order valence-corrected chi connectivity index (χ3v) is 6.16. The summed E-state index contributed by atoms with van der Waals surface area (Å²) < 4.78 is 17.3. The first kappa shape index (κ1) is 24.2. The summed E-state index contributed by atoms with van der Waals surface area (Å²) in [5, 5.41) is 0.828. The van der Waals surface area contributed by atoms with Crippen molar-refractivity contribution in [1.82, 2.24) is 0 Å². The molecule has 32 heavy (non-hydrogen) atoms. The molecule has 0 atom stereocenters. The summed E-state index contributed by atoms with van der Waals surface area (Å²) in [5.41, 5.74) is 1.18. The van der Waals surface area contributed by atoms with Crippen molar-refractivity contribution >= 4 is 39.7 Å². The average Bonchev–Trinajstić information content (AvgIpc) is 2.81. The molecule has 0 N–H and O–H groups in total. The van der Waals surface area contributed by atoms with Gasteiger partial charge < -0.3 is 13.9 Å². The van der Waals surface area contributed by atoms with Crippen molar-refractivity contribution in [3.8, 4) is 5.75 Å². The molecule has 172 valence electrons. The highest BCUT2D eigenvalue weighted by molar-refractivity contribution is 7.98. The van der Waals surface area contributed by atoms with Gasteiger partial charge in [-0.1, -0.05) is 46.0 Å². The largest absolute Gasteiger partial charge is 0.494 e. The van der Waals surface area contributed by atoms with Crippen molar-refractivity contribution in [1.29, 1.82) is 0 Å². The van der Waals surface area contributed by atoms with Gasteiger partial charge in [0.25, 0.3) is 0 Å². The summed E-state index contributed by atoms with van der Waals surface area (Å²) in [7, 11) is 0. The van der Waals surface area contributed by atoms with Crippen molar-refractivity contribution in [3.05, 3.63) is 46.1 Å². The van der Waals surface area contributed by atoms with Crippen LogP contribution in [0.25, 0.3) is 21.9 Å². The fourth-order valence-electron chi connectivity index (χ4n) is 3.58. The van der Waals surface area contributed by atoms with E-state index in [4.69, 9.17) is 13.9 Å². The maximum atomic E-state index is 13.3. The van der Waals surface area contributed by atoms with Gasteiger partial charge in [-0.3, -0.25) is 4.79 Å². The SMILES string of the molecule is CCCCCCOc1cc(SC)c2oc3ccc(C(=O)OCCCCC)cc3c(=O)c2c1. The van der Waals surface area contributed by atoms with Crippen LogP contribution in [0.5, 0.6) is 5.75 Å². The van der Waals surface area contributed by atoms with Crippen LogP contribution in [-0.2, 0) is 4.74 Å². The number of carbonyl (C=O) groups is 1. The van der Waals surface area contributed by atoms with Crippen LogP contribution in [0.15, 0.2) is 44.4 Å². The summed E-state index contributed by atoms with van der Waals surface area (Å²) in [4.78, 5) is 26.6. The fraction of sp³-hybridized carbons (Fsp3) is 0.462. The Morgan fingerprint density at radius 2 is 1.69 bits per heavy atom. The van der Waals surface area contributed by atoms with E-state index >= 15 is 0 Å². The summed E-state index contributed by atoms with van der Waals surface area (Å²) >= 11 is 1.51. The number of rotatable bonds is 12. The van der Waals surface area contributed by atoms with Gasteiger partial charge in [-0.05, 0) is 49.4 Å². The second kappa shape index (κ2) is 12.0. The molecular formula is C26H32O5S. The topological polar surface area (TPSA) is 65.7 Å². The van der Waals surface area contributed by atoms with Crippen molar-refractivity contribution < 1.29 is 18.7 Å². The van der Waals surface area contributed by atoms with Gasteiger partial charge in [0, 0.05) is 0 Å². The highest BCUT2D eigenvalue weighted by Crippen LogP contribution is 2.32. The standard InChI is InChI=1S/C26H32O5S/c1-4-6-8-10-13-29-19-16-21-24(27)20-15-18(26(28)30-14-9-7-5-2)11-12-22(20)31-25(21)23(17-19)32-3/h11-12,15-17H,4-10,13-14H2,1-3H3. The minimum Gasteiger partial charge on any atom is -0.494 e. The van der Waals surface area contributed by atoms with E-state index in [0.29, 0.717) is 46.5 Å². The van der Waals surface area contributed by atoms with Crippen LogP contribution in [0.4, 0.5) is 0 Å².